The molecule has 0 aliphatic heterocycles. The van der Waals surface area contributed by atoms with Gasteiger partial charge in [-0.15, -0.1) is 22.7 Å². The molecule has 0 aliphatic carbocycles. The van der Waals surface area contributed by atoms with E-state index in [2.05, 4.69) is 131 Å². The first-order valence-corrected chi connectivity index (χ1v) is 21.7. The lowest BCUT2D eigenvalue weighted by molar-refractivity contribution is 0.693. The molecule has 0 radical (unpaired) electrons. The van der Waals surface area contributed by atoms with Gasteiger partial charge >= 0.3 is 0 Å². The number of hydrogen-bond donors (Lipinski definition) is 1. The topological polar surface area (TPSA) is 42.2 Å². The van der Waals surface area contributed by atoms with E-state index >= 15 is 0 Å². The fourth-order valence-electron chi connectivity index (χ4n) is 8.14. The summed E-state index contributed by atoms with van der Waals surface area (Å²) >= 11 is 3.85. The Kier molecular flexibility index (Phi) is 12.0. The molecule has 1 unspecified atom stereocenters. The summed E-state index contributed by atoms with van der Waals surface area (Å²) in [7, 11) is 4.20. The number of hydrogen-bond acceptors (Lipinski definition) is 5. The summed E-state index contributed by atoms with van der Waals surface area (Å²) in [6.07, 6.45) is 3.64. The van der Waals surface area contributed by atoms with Crippen molar-refractivity contribution in [3.8, 4) is 0 Å². The number of nitrogens with zero attached hydrogens (tertiary/aromatic N) is 3. The maximum Gasteiger partial charge on any atom is 0.0767 e. The van der Waals surface area contributed by atoms with Crippen molar-refractivity contribution in [3.05, 3.63) is 145 Å². The number of nitrogens with one attached hydrogen (secondary N) is 1. The second kappa shape index (κ2) is 17.2. The molecule has 0 saturated carbocycles. The van der Waals surface area contributed by atoms with E-state index in [9.17, 15) is 0 Å². The zero-order valence-electron chi connectivity index (χ0n) is 34.1. The Labute approximate surface area is 343 Å². The molecule has 4 heterocycles. The van der Waals surface area contributed by atoms with E-state index < -0.39 is 0 Å². The Bertz CT molecular complexity index is 3110. The van der Waals surface area contributed by atoms with Gasteiger partial charge in [-0.3, -0.25) is 9.98 Å². The quantitative estimate of drug-likeness (QED) is 0.143. The van der Waals surface area contributed by atoms with Crippen LogP contribution in [0.25, 0.3) is 83.7 Å². The zero-order valence-corrected chi connectivity index (χ0v) is 35.8. The molecule has 57 heavy (non-hydrogen) atoms. The monoisotopic (exact) mass is 782 g/mol. The fourth-order valence-corrected chi connectivity index (χ4v) is 10.6. The second-order valence-corrected chi connectivity index (χ2v) is 15.2. The first-order chi connectivity index (χ1) is 28.1. The Morgan fingerprint density at radius 3 is 1.89 bits per heavy atom. The van der Waals surface area contributed by atoms with Crippen molar-refractivity contribution in [1.29, 1.82) is 0 Å². The molecule has 0 bridgehead atoms. The number of aryl methyl sites for hydroxylation is 1. The average molecular weight is 783 g/mol. The molecule has 7 aromatic carbocycles. The van der Waals surface area contributed by atoms with E-state index in [0.717, 1.165) is 22.0 Å². The number of fused-ring (bicyclic) bond motifs is 9. The summed E-state index contributed by atoms with van der Waals surface area (Å²) in [6, 6.07) is 43.7. The van der Waals surface area contributed by atoms with Crippen molar-refractivity contribution < 1.29 is 0 Å². The van der Waals surface area contributed by atoms with E-state index in [1.165, 1.54) is 78.5 Å². The van der Waals surface area contributed by atoms with Crippen LogP contribution in [0.3, 0.4) is 0 Å². The van der Waals surface area contributed by atoms with Crippen LogP contribution in [0.2, 0.25) is 0 Å². The van der Waals surface area contributed by atoms with E-state index in [1.54, 1.807) is 6.20 Å². The standard InChI is InChI=1S/C27H15NS2.C18H17N3.3C2H6/c1-28-20-13-19-16-7-3-4-8-21(16)29-26(19)17-11-10-14-12-18-15-6-2-5-9-22(15)30-27(18)25(28)23(14)24(17)20;1-19-17(14-6-4-3-5-7-14)15-9-8-13-10-11-21-12-16(13)18(15)20-2;3*1-2/h2-13H,1H3;3-12,17,19H,2H2,1H3;3*1-2H3. The third-order valence-corrected chi connectivity index (χ3v) is 12.9. The smallest absolute Gasteiger partial charge is 0.0767 e. The van der Waals surface area contributed by atoms with Crippen LogP contribution in [-0.2, 0) is 7.05 Å². The molecule has 0 amide bonds. The number of aromatic nitrogens is 2. The molecule has 11 aromatic rings. The van der Waals surface area contributed by atoms with Gasteiger partial charge in [0.05, 0.1) is 27.5 Å². The van der Waals surface area contributed by atoms with Gasteiger partial charge in [0.15, 0.2) is 0 Å². The molecule has 0 saturated heterocycles. The highest BCUT2D eigenvalue weighted by atomic mass is 32.1. The predicted molar refractivity (Wildman–Crippen MR) is 257 cm³/mol. The van der Waals surface area contributed by atoms with Crippen LogP contribution < -0.4 is 5.32 Å². The van der Waals surface area contributed by atoms with Crippen LogP contribution >= 0.6 is 22.7 Å². The van der Waals surface area contributed by atoms with Crippen LogP contribution in [0.4, 0.5) is 5.69 Å². The summed E-state index contributed by atoms with van der Waals surface area (Å²) in [5.74, 6) is 0. The van der Waals surface area contributed by atoms with Gasteiger partial charge in [-0.25, -0.2) is 0 Å². The van der Waals surface area contributed by atoms with Gasteiger partial charge in [-0.2, -0.15) is 0 Å². The molecule has 11 rings (SSSR count). The van der Waals surface area contributed by atoms with Gasteiger partial charge in [0.25, 0.3) is 0 Å². The maximum absolute atomic E-state index is 4.26. The molecule has 1 N–H and O–H groups in total. The minimum absolute atomic E-state index is 0.0799. The van der Waals surface area contributed by atoms with Crippen molar-refractivity contribution in [2.45, 2.75) is 47.6 Å². The molecule has 286 valence electrons. The molecular weight excluding hydrogens is 733 g/mol. The minimum Gasteiger partial charge on any atom is -0.342 e. The van der Waals surface area contributed by atoms with Crippen molar-refractivity contribution >= 4 is 119 Å². The first-order valence-electron chi connectivity index (χ1n) is 20.1. The summed E-state index contributed by atoms with van der Waals surface area (Å²) < 4.78 is 7.99. The molecule has 0 fully saturated rings. The van der Waals surface area contributed by atoms with Crippen LogP contribution in [0.1, 0.15) is 58.7 Å². The first kappa shape index (κ1) is 39.6. The molecule has 0 aliphatic rings. The van der Waals surface area contributed by atoms with Crippen molar-refractivity contribution in [3.63, 3.8) is 0 Å². The fraction of sp³-hybridized carbons (Fsp3) is 0.176. The van der Waals surface area contributed by atoms with Crippen LogP contribution in [0.15, 0.2) is 139 Å². The van der Waals surface area contributed by atoms with Gasteiger partial charge in [-0.1, -0.05) is 133 Å². The van der Waals surface area contributed by atoms with Crippen LogP contribution in [-0.4, -0.2) is 23.3 Å². The van der Waals surface area contributed by atoms with Gasteiger partial charge in [0, 0.05) is 76.6 Å². The van der Waals surface area contributed by atoms with E-state index in [4.69, 9.17) is 0 Å². The van der Waals surface area contributed by atoms with Gasteiger partial charge in [0.1, 0.15) is 0 Å². The van der Waals surface area contributed by atoms with Crippen LogP contribution in [0, 0.1) is 0 Å². The molecule has 6 heteroatoms. The predicted octanol–water partition coefficient (Wildman–Crippen LogP) is 15.6. The number of aliphatic imine (C=N–C) groups is 1. The number of thiophene rings is 2. The number of rotatable bonds is 4. The molecule has 4 nitrogen and oxygen atoms in total. The Morgan fingerprint density at radius 2 is 1.23 bits per heavy atom. The summed E-state index contributed by atoms with van der Waals surface area (Å²) in [6.45, 7) is 15.7. The normalized spacial score (nSPS) is 11.6. The zero-order chi connectivity index (χ0) is 40.2. The number of benzene rings is 7. The lowest BCUT2D eigenvalue weighted by Gasteiger charge is -2.20. The maximum atomic E-state index is 4.26. The lowest BCUT2D eigenvalue weighted by atomic mass is 9.95. The van der Waals surface area contributed by atoms with Gasteiger partial charge in [0.2, 0.25) is 0 Å². The van der Waals surface area contributed by atoms with E-state index in [-0.39, 0.29) is 6.04 Å². The lowest BCUT2D eigenvalue weighted by Crippen LogP contribution is -2.17. The molecular formula is C51H50N4S2. The molecule has 1 atom stereocenters. The highest BCUT2D eigenvalue weighted by Crippen LogP contribution is 2.49. The summed E-state index contributed by atoms with van der Waals surface area (Å²) in [4.78, 5) is 8.48. The summed E-state index contributed by atoms with van der Waals surface area (Å²) in [5, 5.41) is 16.6. The average Bonchev–Trinajstić information content (AvgIpc) is 3.95. The third kappa shape index (κ3) is 6.62. The molecule has 0 spiro atoms. The second-order valence-electron chi connectivity index (χ2n) is 13.1. The van der Waals surface area contributed by atoms with E-state index in [0.29, 0.717) is 0 Å². The van der Waals surface area contributed by atoms with Crippen molar-refractivity contribution in [2.24, 2.45) is 12.0 Å². The van der Waals surface area contributed by atoms with Gasteiger partial charge in [-0.05, 0) is 66.0 Å². The van der Waals surface area contributed by atoms with Crippen molar-refractivity contribution in [1.82, 2.24) is 14.9 Å². The van der Waals surface area contributed by atoms with Crippen molar-refractivity contribution in [2.75, 3.05) is 7.05 Å². The molecule has 4 aromatic heterocycles. The Morgan fingerprint density at radius 1 is 0.614 bits per heavy atom. The van der Waals surface area contributed by atoms with E-state index in [1.807, 2.05) is 102 Å². The highest BCUT2D eigenvalue weighted by Gasteiger charge is 2.22. The third-order valence-electron chi connectivity index (χ3n) is 10.5. The van der Waals surface area contributed by atoms with Gasteiger partial charge < -0.3 is 9.88 Å². The largest absolute Gasteiger partial charge is 0.342 e. The Balaban J connectivity index is 0.000000163. The highest BCUT2D eigenvalue weighted by molar-refractivity contribution is 7.27. The van der Waals surface area contributed by atoms with Crippen LogP contribution in [0.5, 0.6) is 0 Å². The summed E-state index contributed by atoms with van der Waals surface area (Å²) in [5.41, 5.74) is 5.93. The SMILES string of the molecule is C=Nc1c(C(NC)c2ccccc2)ccc2ccncc12.CC.CC.CC.Cn1c2cc3c4ccccc4sc3c3ccc4cc5c6ccccc6sc5c1c4c32. The Hall–Kier alpha value is -5.66. The number of pyridine rings is 1. The minimum atomic E-state index is 0.0799.